The van der Waals surface area contributed by atoms with Crippen LogP contribution in [0.15, 0.2) is 41.2 Å². The second kappa shape index (κ2) is 6.13. The van der Waals surface area contributed by atoms with Crippen molar-refractivity contribution in [3.8, 4) is 5.69 Å². The molecule has 2 fully saturated rings. The second-order valence-corrected chi connectivity index (χ2v) is 9.01. The standard InChI is InChI=1S/C23H21ClFN3O/c24-17-2-1-3-18-20(17)21(29)27-22-23(11-15(25)12-23)16-5-4-14(10-19(16)28(18)22)13-6-8-26-9-7-13/h1-5,10,13,15,26H,6-9,11-12H2. The van der Waals surface area contributed by atoms with E-state index < -0.39 is 11.6 Å². The highest BCUT2D eigenvalue weighted by Gasteiger charge is 2.55. The molecule has 0 radical (unpaired) electrons. The van der Waals surface area contributed by atoms with Crippen LogP contribution in [0.2, 0.25) is 5.02 Å². The fourth-order valence-corrected chi connectivity index (χ4v) is 5.81. The molecule has 0 amide bonds. The van der Waals surface area contributed by atoms with Gasteiger partial charge in [0.1, 0.15) is 12.0 Å². The van der Waals surface area contributed by atoms with E-state index >= 15 is 0 Å². The molecule has 0 bridgehead atoms. The first-order valence-electron chi connectivity index (χ1n) is 10.3. The molecule has 1 aromatic heterocycles. The molecule has 3 aliphatic rings. The summed E-state index contributed by atoms with van der Waals surface area (Å²) in [6.07, 6.45) is 2.12. The molecular weight excluding hydrogens is 389 g/mol. The van der Waals surface area contributed by atoms with Crippen LogP contribution in [-0.2, 0) is 5.41 Å². The van der Waals surface area contributed by atoms with Gasteiger partial charge in [0, 0.05) is 0 Å². The van der Waals surface area contributed by atoms with Crippen LogP contribution in [0.25, 0.3) is 16.6 Å². The molecule has 4 nitrogen and oxygen atoms in total. The van der Waals surface area contributed by atoms with Crippen LogP contribution in [-0.4, -0.2) is 28.8 Å². The molecule has 1 saturated heterocycles. The molecule has 3 aromatic rings. The molecule has 6 rings (SSSR count). The number of rotatable bonds is 1. The van der Waals surface area contributed by atoms with Crippen LogP contribution in [0.5, 0.6) is 0 Å². The van der Waals surface area contributed by atoms with E-state index in [1.54, 1.807) is 6.07 Å². The lowest BCUT2D eigenvalue weighted by molar-refractivity contribution is 0.121. The molecule has 6 heteroatoms. The van der Waals surface area contributed by atoms with Gasteiger partial charge >= 0.3 is 0 Å². The Bertz CT molecular complexity index is 1210. The van der Waals surface area contributed by atoms with Crippen molar-refractivity contribution in [2.45, 2.75) is 43.2 Å². The summed E-state index contributed by atoms with van der Waals surface area (Å²) in [5, 5.41) is 4.26. The third kappa shape index (κ3) is 2.34. The highest BCUT2D eigenvalue weighted by atomic mass is 35.5. The Morgan fingerprint density at radius 3 is 2.72 bits per heavy atom. The quantitative estimate of drug-likeness (QED) is 0.654. The third-order valence-corrected chi connectivity index (χ3v) is 7.34. The van der Waals surface area contributed by atoms with E-state index in [1.807, 2.05) is 12.1 Å². The number of nitrogens with zero attached hydrogens (tertiary/aromatic N) is 2. The molecule has 1 spiro atoms. The van der Waals surface area contributed by atoms with Crippen molar-refractivity contribution in [1.82, 2.24) is 14.9 Å². The van der Waals surface area contributed by atoms with E-state index in [-0.39, 0.29) is 5.56 Å². The van der Waals surface area contributed by atoms with Gasteiger partial charge in [-0.25, -0.2) is 4.39 Å². The Kier molecular flexibility index (Phi) is 3.72. The minimum absolute atomic E-state index is 0.329. The second-order valence-electron chi connectivity index (χ2n) is 8.60. The lowest BCUT2D eigenvalue weighted by Crippen LogP contribution is -2.44. The molecule has 0 atom stereocenters. The lowest BCUT2D eigenvalue weighted by atomic mass is 9.63. The molecule has 0 unspecified atom stereocenters. The minimum Gasteiger partial charge on any atom is -0.317 e. The number of benzene rings is 2. The highest BCUT2D eigenvalue weighted by Crippen LogP contribution is 2.56. The van der Waals surface area contributed by atoms with Crippen LogP contribution in [0.1, 0.15) is 48.6 Å². The van der Waals surface area contributed by atoms with Gasteiger partial charge in [0.25, 0.3) is 5.56 Å². The predicted octanol–water partition coefficient (Wildman–Crippen LogP) is 4.24. The maximum absolute atomic E-state index is 14.1. The van der Waals surface area contributed by atoms with Crippen molar-refractivity contribution in [3.05, 3.63) is 68.7 Å². The van der Waals surface area contributed by atoms with E-state index in [0.29, 0.717) is 35.0 Å². The van der Waals surface area contributed by atoms with Gasteiger partial charge in [-0.1, -0.05) is 29.8 Å². The molecule has 29 heavy (non-hydrogen) atoms. The van der Waals surface area contributed by atoms with E-state index in [1.165, 1.54) is 5.56 Å². The monoisotopic (exact) mass is 409 g/mol. The summed E-state index contributed by atoms with van der Waals surface area (Å²) in [4.78, 5) is 17.3. The maximum Gasteiger partial charge on any atom is 0.282 e. The van der Waals surface area contributed by atoms with Crippen molar-refractivity contribution in [2.24, 2.45) is 0 Å². The van der Waals surface area contributed by atoms with Gasteiger partial charge in [-0.2, -0.15) is 4.98 Å². The number of fused-ring (bicyclic) bond motifs is 7. The summed E-state index contributed by atoms with van der Waals surface area (Å²) in [5.74, 6) is 1.18. The SMILES string of the molecule is O=c1nc2n(c3cccc(Cl)c13)-c1cc(C3CCNCC3)ccc1C21CC(F)C1. The van der Waals surface area contributed by atoms with Gasteiger partial charge in [-0.3, -0.25) is 9.36 Å². The summed E-state index contributed by atoms with van der Waals surface area (Å²) in [6.45, 7) is 2.05. The van der Waals surface area contributed by atoms with Crippen molar-refractivity contribution >= 4 is 22.5 Å². The fourth-order valence-electron chi connectivity index (χ4n) is 5.56. The maximum atomic E-state index is 14.1. The number of nitrogens with one attached hydrogen (secondary N) is 1. The largest absolute Gasteiger partial charge is 0.317 e. The molecule has 1 saturated carbocycles. The number of hydrogen-bond acceptors (Lipinski definition) is 3. The Morgan fingerprint density at radius 1 is 1.17 bits per heavy atom. The number of piperidine rings is 1. The van der Waals surface area contributed by atoms with Gasteiger partial charge in [-0.15, -0.1) is 0 Å². The molecule has 3 heterocycles. The summed E-state index contributed by atoms with van der Waals surface area (Å²) >= 11 is 6.37. The summed E-state index contributed by atoms with van der Waals surface area (Å²) in [6, 6.07) is 12.1. The average Bonchev–Trinajstić information content (AvgIpc) is 2.98. The van der Waals surface area contributed by atoms with Crippen LogP contribution in [0, 0.1) is 0 Å². The topological polar surface area (TPSA) is 46.9 Å². The third-order valence-electron chi connectivity index (χ3n) is 7.02. The summed E-state index contributed by atoms with van der Waals surface area (Å²) in [5.41, 5.74) is 3.35. The molecule has 1 aliphatic carbocycles. The van der Waals surface area contributed by atoms with Crippen LogP contribution < -0.4 is 10.9 Å². The zero-order valence-corrected chi connectivity index (χ0v) is 16.7. The van der Waals surface area contributed by atoms with Gasteiger partial charge in [0.15, 0.2) is 0 Å². The van der Waals surface area contributed by atoms with Crippen molar-refractivity contribution in [3.63, 3.8) is 0 Å². The Hall–Kier alpha value is -2.24. The summed E-state index contributed by atoms with van der Waals surface area (Å²) in [7, 11) is 0. The first kappa shape index (κ1) is 17.6. The number of alkyl halides is 1. The van der Waals surface area contributed by atoms with E-state index in [4.69, 9.17) is 11.6 Å². The number of halogens is 2. The first-order valence-corrected chi connectivity index (χ1v) is 10.7. The van der Waals surface area contributed by atoms with Gasteiger partial charge in [-0.05, 0) is 74.0 Å². The first-order chi connectivity index (χ1) is 14.1. The molecule has 148 valence electrons. The lowest BCUT2D eigenvalue weighted by Gasteiger charge is -2.41. The molecule has 2 aromatic carbocycles. The van der Waals surface area contributed by atoms with E-state index in [9.17, 15) is 9.18 Å². The van der Waals surface area contributed by atoms with E-state index in [2.05, 4.69) is 33.1 Å². The minimum atomic E-state index is -0.856. The normalized spacial score (nSPS) is 25.8. The number of aromatic nitrogens is 2. The Balaban J connectivity index is 1.64. The highest BCUT2D eigenvalue weighted by molar-refractivity contribution is 6.35. The average molecular weight is 410 g/mol. The van der Waals surface area contributed by atoms with Crippen LogP contribution >= 0.6 is 11.6 Å². The van der Waals surface area contributed by atoms with Gasteiger partial charge < -0.3 is 5.32 Å². The summed E-state index contributed by atoms with van der Waals surface area (Å²) < 4.78 is 16.2. The smallest absolute Gasteiger partial charge is 0.282 e. The van der Waals surface area contributed by atoms with E-state index in [0.717, 1.165) is 42.7 Å². The molecular formula is C23H21ClFN3O. The molecule has 2 aliphatic heterocycles. The zero-order valence-electron chi connectivity index (χ0n) is 15.9. The Labute approximate surface area is 172 Å². The van der Waals surface area contributed by atoms with Gasteiger partial charge in [0.05, 0.1) is 27.0 Å². The van der Waals surface area contributed by atoms with Crippen molar-refractivity contribution in [1.29, 1.82) is 0 Å². The fraction of sp³-hybridized carbons (Fsp3) is 0.391. The van der Waals surface area contributed by atoms with Crippen molar-refractivity contribution in [2.75, 3.05) is 13.1 Å². The van der Waals surface area contributed by atoms with Crippen LogP contribution in [0.3, 0.4) is 0 Å². The van der Waals surface area contributed by atoms with Crippen molar-refractivity contribution < 1.29 is 4.39 Å². The molecule has 1 N–H and O–H groups in total. The Morgan fingerprint density at radius 2 is 1.97 bits per heavy atom. The van der Waals surface area contributed by atoms with Crippen LogP contribution in [0.4, 0.5) is 4.39 Å². The zero-order chi connectivity index (χ0) is 19.8. The van der Waals surface area contributed by atoms with Gasteiger partial charge in [0.2, 0.25) is 0 Å². The predicted molar refractivity (Wildman–Crippen MR) is 112 cm³/mol. The number of hydrogen-bond donors (Lipinski definition) is 1.